The van der Waals surface area contributed by atoms with Crippen LogP contribution in [0.3, 0.4) is 0 Å². The van der Waals surface area contributed by atoms with E-state index < -0.39 is 15.1 Å². The van der Waals surface area contributed by atoms with Crippen molar-refractivity contribution in [2.24, 2.45) is 0 Å². The Balaban J connectivity index is 2.09. The van der Waals surface area contributed by atoms with E-state index in [0.29, 0.717) is 30.3 Å². The molecule has 1 saturated carbocycles. The lowest BCUT2D eigenvalue weighted by Gasteiger charge is -2.39. The number of sulfone groups is 1. The molecule has 5 nitrogen and oxygen atoms in total. The van der Waals surface area contributed by atoms with Gasteiger partial charge in [0.15, 0.2) is 15.4 Å². The maximum absolute atomic E-state index is 13.1. The Morgan fingerprint density at radius 1 is 1.25 bits per heavy atom. The van der Waals surface area contributed by atoms with Crippen molar-refractivity contribution < 1.29 is 12.8 Å². The van der Waals surface area contributed by atoms with Crippen molar-refractivity contribution in [1.29, 1.82) is 0 Å². The summed E-state index contributed by atoms with van der Waals surface area (Å²) in [7, 11) is 0.381. The van der Waals surface area contributed by atoms with E-state index in [1.807, 2.05) is 34.9 Å². The number of aromatic nitrogens is 1. The molecule has 1 aliphatic carbocycles. The van der Waals surface area contributed by atoms with Gasteiger partial charge in [0.1, 0.15) is 10.4 Å². The van der Waals surface area contributed by atoms with Crippen molar-refractivity contribution in [3.05, 3.63) is 23.0 Å². The minimum atomic E-state index is -3.55. The SMILES string of the molecule is CN(C)C1CC(S(=O)(=O)c2c(Cl)ccc3nc(C(C)(C)C)oc23)C1. The molecule has 0 amide bonds. The van der Waals surface area contributed by atoms with E-state index >= 15 is 0 Å². The van der Waals surface area contributed by atoms with E-state index in [1.165, 1.54) is 0 Å². The fraction of sp³-hybridized carbons (Fsp3) is 0.588. The summed E-state index contributed by atoms with van der Waals surface area (Å²) >= 11 is 6.26. The van der Waals surface area contributed by atoms with Crippen LogP contribution in [-0.2, 0) is 15.3 Å². The van der Waals surface area contributed by atoms with Crippen LogP contribution in [0.15, 0.2) is 21.4 Å². The molecule has 0 N–H and O–H groups in total. The van der Waals surface area contributed by atoms with E-state index in [4.69, 9.17) is 16.0 Å². The van der Waals surface area contributed by atoms with Crippen LogP contribution < -0.4 is 0 Å². The third kappa shape index (κ3) is 2.85. The predicted octanol–water partition coefficient (Wildman–Crippen LogP) is 3.65. The molecule has 0 radical (unpaired) electrons. The zero-order valence-electron chi connectivity index (χ0n) is 14.6. The van der Waals surface area contributed by atoms with E-state index in [-0.39, 0.29) is 20.9 Å². The molecule has 132 valence electrons. The largest absolute Gasteiger partial charge is 0.439 e. The third-order valence-electron chi connectivity index (χ3n) is 4.63. The van der Waals surface area contributed by atoms with Crippen LogP contribution in [-0.4, -0.2) is 43.7 Å². The van der Waals surface area contributed by atoms with Gasteiger partial charge in [-0.25, -0.2) is 13.4 Å². The zero-order chi connectivity index (χ0) is 17.9. The summed E-state index contributed by atoms with van der Waals surface area (Å²) < 4.78 is 32.0. The number of rotatable bonds is 3. The monoisotopic (exact) mass is 370 g/mol. The topological polar surface area (TPSA) is 63.4 Å². The quantitative estimate of drug-likeness (QED) is 0.825. The molecule has 0 atom stereocenters. The lowest BCUT2D eigenvalue weighted by molar-refractivity contribution is 0.196. The molecule has 1 fully saturated rings. The van der Waals surface area contributed by atoms with Gasteiger partial charge in [-0.15, -0.1) is 0 Å². The molecule has 24 heavy (non-hydrogen) atoms. The number of oxazole rings is 1. The standard InChI is InChI=1S/C17H23ClN2O3S/c1-17(2,3)16-19-13-7-6-12(18)15(14(13)23-16)24(21,22)11-8-10(9-11)20(4)5/h6-7,10-11H,8-9H2,1-5H3. The van der Waals surface area contributed by atoms with Crippen LogP contribution >= 0.6 is 11.6 Å². The highest BCUT2D eigenvalue weighted by Crippen LogP contribution is 2.40. The van der Waals surface area contributed by atoms with E-state index in [1.54, 1.807) is 12.1 Å². The van der Waals surface area contributed by atoms with E-state index in [2.05, 4.69) is 9.88 Å². The Morgan fingerprint density at radius 2 is 1.88 bits per heavy atom. The van der Waals surface area contributed by atoms with Gasteiger partial charge in [-0.05, 0) is 39.1 Å². The molecule has 0 aliphatic heterocycles. The summed E-state index contributed by atoms with van der Waals surface area (Å²) in [4.78, 5) is 6.59. The first-order chi connectivity index (χ1) is 11.0. The van der Waals surface area contributed by atoms with Crippen molar-refractivity contribution in [2.45, 2.75) is 55.2 Å². The molecule has 0 unspecified atom stereocenters. The number of nitrogens with zero attached hydrogens (tertiary/aromatic N) is 2. The Kier molecular flexibility index (Phi) is 4.21. The smallest absolute Gasteiger partial charge is 0.200 e. The van der Waals surface area contributed by atoms with Gasteiger partial charge in [-0.3, -0.25) is 0 Å². The van der Waals surface area contributed by atoms with Crippen LogP contribution in [0.25, 0.3) is 11.1 Å². The summed E-state index contributed by atoms with van der Waals surface area (Å²) in [6.45, 7) is 5.92. The summed E-state index contributed by atoms with van der Waals surface area (Å²) in [5, 5.41) is -0.219. The molecule has 1 aliphatic rings. The van der Waals surface area contributed by atoms with Crippen LogP contribution in [0.5, 0.6) is 0 Å². The third-order valence-corrected chi connectivity index (χ3v) is 7.29. The first-order valence-corrected chi connectivity index (χ1v) is 9.94. The Morgan fingerprint density at radius 3 is 2.42 bits per heavy atom. The van der Waals surface area contributed by atoms with Crippen LogP contribution in [0.4, 0.5) is 0 Å². The normalized spacial score (nSPS) is 22.1. The van der Waals surface area contributed by atoms with Crippen molar-refractivity contribution in [1.82, 2.24) is 9.88 Å². The predicted molar refractivity (Wildman–Crippen MR) is 95.4 cm³/mol. The number of hydrogen-bond acceptors (Lipinski definition) is 5. The van der Waals surface area contributed by atoms with Crippen LogP contribution in [0, 0.1) is 0 Å². The molecule has 0 saturated heterocycles. The van der Waals surface area contributed by atoms with Gasteiger partial charge in [0.05, 0.1) is 10.3 Å². The lowest BCUT2D eigenvalue weighted by atomic mass is 9.91. The van der Waals surface area contributed by atoms with Gasteiger partial charge in [-0.1, -0.05) is 32.4 Å². The number of hydrogen-bond donors (Lipinski definition) is 0. The van der Waals surface area contributed by atoms with E-state index in [9.17, 15) is 8.42 Å². The second-order valence-electron chi connectivity index (χ2n) is 7.75. The number of fused-ring (bicyclic) bond motifs is 1. The molecule has 1 aromatic carbocycles. The minimum absolute atomic E-state index is 0.0897. The highest BCUT2D eigenvalue weighted by molar-refractivity contribution is 7.92. The molecule has 0 bridgehead atoms. The van der Waals surface area contributed by atoms with Crippen LogP contribution in [0.2, 0.25) is 5.02 Å². The van der Waals surface area contributed by atoms with Crippen molar-refractivity contribution in [3.8, 4) is 0 Å². The fourth-order valence-electron chi connectivity index (χ4n) is 2.91. The molecule has 7 heteroatoms. The first kappa shape index (κ1) is 17.7. The molecule has 0 spiro atoms. The minimum Gasteiger partial charge on any atom is -0.439 e. The van der Waals surface area contributed by atoms with Gasteiger partial charge in [0.25, 0.3) is 0 Å². The zero-order valence-corrected chi connectivity index (χ0v) is 16.2. The summed E-state index contributed by atoms with van der Waals surface area (Å²) in [6.07, 6.45) is 1.23. The summed E-state index contributed by atoms with van der Waals surface area (Å²) in [6, 6.07) is 3.59. The van der Waals surface area contributed by atoms with Crippen molar-refractivity contribution in [3.63, 3.8) is 0 Å². The van der Waals surface area contributed by atoms with Gasteiger partial charge in [-0.2, -0.15) is 0 Å². The van der Waals surface area contributed by atoms with Gasteiger partial charge >= 0.3 is 0 Å². The molecule has 2 aromatic rings. The second-order valence-corrected chi connectivity index (χ2v) is 10.3. The van der Waals surface area contributed by atoms with E-state index in [0.717, 1.165) is 0 Å². The molecular formula is C17H23ClN2O3S. The highest BCUT2D eigenvalue weighted by atomic mass is 35.5. The Hall–Kier alpha value is -1.11. The average Bonchev–Trinajstić information content (AvgIpc) is 2.78. The summed E-state index contributed by atoms with van der Waals surface area (Å²) in [5.41, 5.74) is 0.506. The number of halogens is 1. The number of benzene rings is 1. The molecule has 1 aromatic heterocycles. The average molecular weight is 371 g/mol. The maximum Gasteiger partial charge on any atom is 0.200 e. The lowest BCUT2D eigenvalue weighted by Crippen LogP contribution is -2.47. The van der Waals surface area contributed by atoms with Gasteiger partial charge < -0.3 is 9.32 Å². The Labute approximate surface area is 147 Å². The molecule has 1 heterocycles. The highest BCUT2D eigenvalue weighted by Gasteiger charge is 2.43. The van der Waals surface area contributed by atoms with Gasteiger partial charge in [0.2, 0.25) is 5.89 Å². The van der Waals surface area contributed by atoms with Crippen LogP contribution in [0.1, 0.15) is 39.5 Å². The first-order valence-electron chi connectivity index (χ1n) is 8.01. The van der Waals surface area contributed by atoms with Gasteiger partial charge in [0, 0.05) is 11.5 Å². The molecule has 3 rings (SSSR count). The van der Waals surface area contributed by atoms with Crippen molar-refractivity contribution in [2.75, 3.05) is 14.1 Å². The maximum atomic E-state index is 13.1. The fourth-order valence-corrected chi connectivity index (χ4v) is 5.41. The Bertz CT molecular complexity index is 875. The van der Waals surface area contributed by atoms with Crippen molar-refractivity contribution >= 4 is 32.5 Å². The molecular weight excluding hydrogens is 348 g/mol. The summed E-state index contributed by atoms with van der Waals surface area (Å²) in [5.74, 6) is 0.510. The second kappa shape index (κ2) is 5.71.